The van der Waals surface area contributed by atoms with E-state index in [2.05, 4.69) is 5.32 Å². The second-order valence-electron chi connectivity index (χ2n) is 4.81. The molecular formula is C14H21FN2. The first-order chi connectivity index (χ1) is 8.31. The summed E-state index contributed by atoms with van der Waals surface area (Å²) in [5, 5.41) is 3.50. The molecule has 0 heterocycles. The molecule has 3 heteroatoms. The summed E-state index contributed by atoms with van der Waals surface area (Å²) in [5.41, 5.74) is 6.46. The molecule has 0 radical (unpaired) electrons. The van der Waals surface area contributed by atoms with Crippen molar-refractivity contribution in [1.29, 1.82) is 0 Å². The molecule has 3 N–H and O–H groups in total. The van der Waals surface area contributed by atoms with Crippen LogP contribution in [-0.2, 0) is 0 Å². The maximum absolute atomic E-state index is 13.7. The van der Waals surface area contributed by atoms with Crippen molar-refractivity contribution in [2.24, 2.45) is 5.73 Å². The van der Waals surface area contributed by atoms with Gasteiger partial charge in [0.2, 0.25) is 0 Å². The molecule has 94 valence electrons. The molecule has 0 spiro atoms. The Balaban J connectivity index is 2.03. The minimum atomic E-state index is -0.161. The fraction of sp³-hybridized carbons (Fsp3) is 0.571. The Labute approximate surface area is 102 Å². The lowest BCUT2D eigenvalue weighted by molar-refractivity contribution is 0.337. The van der Waals surface area contributed by atoms with E-state index in [0.717, 1.165) is 0 Å². The van der Waals surface area contributed by atoms with Crippen LogP contribution in [0.1, 0.15) is 43.7 Å². The fourth-order valence-corrected chi connectivity index (χ4v) is 2.60. The number of hydrogen-bond acceptors (Lipinski definition) is 2. The Morgan fingerprint density at radius 1 is 1.24 bits per heavy atom. The molecule has 1 fully saturated rings. The molecule has 1 aliphatic rings. The molecule has 1 saturated carbocycles. The Hall–Kier alpha value is -0.930. The lowest BCUT2D eigenvalue weighted by Crippen LogP contribution is -2.38. The number of benzene rings is 1. The zero-order valence-corrected chi connectivity index (χ0v) is 10.2. The van der Waals surface area contributed by atoms with E-state index in [1.807, 2.05) is 12.1 Å². The minimum Gasteiger partial charge on any atom is -0.329 e. The average Bonchev–Trinajstić information content (AvgIpc) is 2.38. The van der Waals surface area contributed by atoms with E-state index >= 15 is 0 Å². The number of halogens is 1. The van der Waals surface area contributed by atoms with Gasteiger partial charge in [0.1, 0.15) is 5.82 Å². The maximum Gasteiger partial charge on any atom is 0.128 e. The Morgan fingerprint density at radius 3 is 2.59 bits per heavy atom. The zero-order valence-electron chi connectivity index (χ0n) is 10.2. The molecule has 1 atom stereocenters. The minimum absolute atomic E-state index is 0.0562. The number of rotatable bonds is 4. The van der Waals surface area contributed by atoms with Crippen LogP contribution < -0.4 is 11.1 Å². The lowest BCUT2D eigenvalue weighted by atomic mass is 9.94. The predicted molar refractivity (Wildman–Crippen MR) is 68.2 cm³/mol. The molecule has 1 aromatic rings. The molecule has 0 amide bonds. The van der Waals surface area contributed by atoms with Gasteiger partial charge in [0.15, 0.2) is 0 Å². The summed E-state index contributed by atoms with van der Waals surface area (Å²) in [6, 6.07) is 7.34. The molecule has 2 nitrogen and oxygen atoms in total. The Bertz CT molecular complexity index is 348. The monoisotopic (exact) mass is 236 g/mol. The van der Waals surface area contributed by atoms with E-state index in [-0.39, 0.29) is 11.9 Å². The summed E-state index contributed by atoms with van der Waals surface area (Å²) in [6.07, 6.45) is 6.24. The lowest BCUT2D eigenvalue weighted by Gasteiger charge is -2.28. The number of hydrogen-bond donors (Lipinski definition) is 2. The first-order valence-electron chi connectivity index (χ1n) is 6.52. The highest BCUT2D eigenvalue weighted by atomic mass is 19.1. The highest BCUT2D eigenvalue weighted by Gasteiger charge is 2.19. The first kappa shape index (κ1) is 12.5. The van der Waals surface area contributed by atoms with Crippen LogP contribution in [0.25, 0.3) is 0 Å². The average molecular weight is 236 g/mol. The van der Waals surface area contributed by atoms with E-state index in [0.29, 0.717) is 18.2 Å². The van der Waals surface area contributed by atoms with Crippen LogP contribution in [0.4, 0.5) is 4.39 Å². The van der Waals surface area contributed by atoms with Gasteiger partial charge in [0.25, 0.3) is 0 Å². The largest absolute Gasteiger partial charge is 0.329 e. The standard InChI is InChI=1S/C14H21FN2/c15-13-9-5-4-8-12(13)14(10-16)17-11-6-2-1-3-7-11/h4-5,8-9,11,14,17H,1-3,6-7,10,16H2. The van der Waals surface area contributed by atoms with Gasteiger partial charge in [0, 0.05) is 24.2 Å². The van der Waals surface area contributed by atoms with E-state index < -0.39 is 0 Å². The third kappa shape index (κ3) is 3.27. The molecule has 1 aliphatic carbocycles. The van der Waals surface area contributed by atoms with Crippen molar-refractivity contribution in [2.75, 3.05) is 6.54 Å². The quantitative estimate of drug-likeness (QED) is 0.843. The Kier molecular flexibility index (Phi) is 4.51. The summed E-state index contributed by atoms with van der Waals surface area (Å²) in [4.78, 5) is 0. The van der Waals surface area contributed by atoms with Crippen LogP contribution in [0.3, 0.4) is 0 Å². The first-order valence-corrected chi connectivity index (χ1v) is 6.52. The molecule has 17 heavy (non-hydrogen) atoms. The summed E-state index contributed by atoms with van der Waals surface area (Å²) in [7, 11) is 0. The Morgan fingerprint density at radius 2 is 1.94 bits per heavy atom. The summed E-state index contributed by atoms with van der Waals surface area (Å²) in [6.45, 7) is 0.442. The summed E-state index contributed by atoms with van der Waals surface area (Å²) < 4.78 is 13.7. The van der Waals surface area contributed by atoms with Gasteiger partial charge < -0.3 is 11.1 Å². The van der Waals surface area contributed by atoms with Crippen LogP contribution in [0.5, 0.6) is 0 Å². The third-order valence-electron chi connectivity index (χ3n) is 3.56. The van der Waals surface area contributed by atoms with Gasteiger partial charge >= 0.3 is 0 Å². The van der Waals surface area contributed by atoms with Crippen LogP contribution in [0.15, 0.2) is 24.3 Å². The third-order valence-corrected chi connectivity index (χ3v) is 3.56. The van der Waals surface area contributed by atoms with Gasteiger partial charge in [-0.3, -0.25) is 0 Å². The molecule has 1 aromatic carbocycles. The van der Waals surface area contributed by atoms with Crippen molar-refractivity contribution in [3.63, 3.8) is 0 Å². The second kappa shape index (κ2) is 6.12. The van der Waals surface area contributed by atoms with Gasteiger partial charge in [0.05, 0.1) is 0 Å². The molecule has 1 unspecified atom stereocenters. The van der Waals surface area contributed by atoms with Gasteiger partial charge in [-0.2, -0.15) is 0 Å². The molecule has 0 saturated heterocycles. The summed E-state index contributed by atoms with van der Waals surface area (Å²) in [5.74, 6) is -0.161. The second-order valence-corrected chi connectivity index (χ2v) is 4.81. The van der Waals surface area contributed by atoms with Gasteiger partial charge in [-0.25, -0.2) is 4.39 Å². The van der Waals surface area contributed by atoms with E-state index in [9.17, 15) is 4.39 Å². The van der Waals surface area contributed by atoms with E-state index in [1.54, 1.807) is 6.07 Å². The SMILES string of the molecule is NCC(NC1CCCCC1)c1ccccc1F. The van der Waals surface area contributed by atoms with Crippen molar-refractivity contribution in [3.8, 4) is 0 Å². The van der Waals surface area contributed by atoms with E-state index in [4.69, 9.17) is 5.73 Å². The van der Waals surface area contributed by atoms with Crippen LogP contribution in [0, 0.1) is 5.82 Å². The fourth-order valence-electron chi connectivity index (χ4n) is 2.60. The zero-order chi connectivity index (χ0) is 12.1. The van der Waals surface area contributed by atoms with Crippen molar-refractivity contribution in [3.05, 3.63) is 35.6 Å². The molecule has 0 aliphatic heterocycles. The highest BCUT2D eigenvalue weighted by molar-refractivity contribution is 5.21. The van der Waals surface area contributed by atoms with Gasteiger partial charge in [-0.1, -0.05) is 37.5 Å². The van der Waals surface area contributed by atoms with E-state index in [1.165, 1.54) is 38.2 Å². The number of nitrogens with two attached hydrogens (primary N) is 1. The molecule has 0 bridgehead atoms. The van der Waals surface area contributed by atoms with Crippen LogP contribution in [-0.4, -0.2) is 12.6 Å². The topological polar surface area (TPSA) is 38.0 Å². The van der Waals surface area contributed by atoms with Gasteiger partial charge in [-0.15, -0.1) is 0 Å². The smallest absolute Gasteiger partial charge is 0.128 e. The van der Waals surface area contributed by atoms with Crippen molar-refractivity contribution >= 4 is 0 Å². The highest BCUT2D eigenvalue weighted by Crippen LogP contribution is 2.22. The maximum atomic E-state index is 13.7. The van der Waals surface area contributed by atoms with Crippen molar-refractivity contribution in [1.82, 2.24) is 5.32 Å². The normalized spacial score (nSPS) is 19.2. The van der Waals surface area contributed by atoms with Gasteiger partial charge in [-0.05, 0) is 18.9 Å². The van der Waals surface area contributed by atoms with Crippen molar-refractivity contribution < 1.29 is 4.39 Å². The van der Waals surface area contributed by atoms with Crippen LogP contribution >= 0.6 is 0 Å². The van der Waals surface area contributed by atoms with Crippen LogP contribution in [0.2, 0.25) is 0 Å². The summed E-state index contributed by atoms with van der Waals surface area (Å²) >= 11 is 0. The predicted octanol–water partition coefficient (Wildman–Crippen LogP) is 2.75. The molecular weight excluding hydrogens is 215 g/mol. The molecule has 2 rings (SSSR count). The number of nitrogens with one attached hydrogen (secondary N) is 1. The molecule has 0 aromatic heterocycles. The van der Waals surface area contributed by atoms with Crippen molar-refractivity contribution in [2.45, 2.75) is 44.2 Å².